The van der Waals surface area contributed by atoms with Gasteiger partial charge in [-0.05, 0) is 44.1 Å². The molecule has 0 saturated carbocycles. The van der Waals surface area contributed by atoms with Crippen LogP contribution in [0.2, 0.25) is 0 Å². The standard InChI is InChI=1S/C30H41N9O4/c1-19(2)23(37-30(43)38-14-8-5-9-15-38)28(41)36-22(17-21-11-6-4-7-12-21)25(40)29(42)32-13-10-16-39-18-33-24-26(31)34-20(3)35-27(24)39/h4,6-7,11-12,18-19,22-23H,5,8-10,13-17H2,1-3H3,(H,32,42)(H,36,41)(H,37,43)(H2,31,34,35)/t22-,23-/m0/s1. The number of piperidine rings is 1. The summed E-state index contributed by atoms with van der Waals surface area (Å²) in [4.78, 5) is 67.1. The molecular formula is C30H41N9O4. The number of Topliss-reactive ketones (excluding diaryl/α,β-unsaturated/α-hetero) is 1. The van der Waals surface area contributed by atoms with Gasteiger partial charge in [-0.15, -0.1) is 0 Å². The molecule has 13 nitrogen and oxygen atoms in total. The minimum atomic E-state index is -1.11. The van der Waals surface area contributed by atoms with E-state index in [2.05, 4.69) is 30.9 Å². The number of nitrogen functional groups attached to an aromatic ring is 1. The molecule has 1 aromatic carbocycles. The number of anilines is 1. The molecule has 0 radical (unpaired) electrons. The Kier molecular flexibility index (Phi) is 10.6. The van der Waals surface area contributed by atoms with Gasteiger partial charge in [0.15, 0.2) is 11.5 Å². The van der Waals surface area contributed by atoms with Crippen LogP contribution in [0, 0.1) is 12.8 Å². The largest absolute Gasteiger partial charge is 0.382 e. The summed E-state index contributed by atoms with van der Waals surface area (Å²) in [5, 5.41) is 8.27. The molecule has 230 valence electrons. The van der Waals surface area contributed by atoms with Gasteiger partial charge in [0.25, 0.3) is 5.91 Å². The lowest BCUT2D eigenvalue weighted by Crippen LogP contribution is -2.58. The molecule has 2 atom stereocenters. The number of benzene rings is 1. The highest BCUT2D eigenvalue weighted by Gasteiger charge is 2.32. The van der Waals surface area contributed by atoms with Crippen molar-refractivity contribution in [2.45, 2.75) is 71.5 Å². The maximum atomic E-state index is 13.4. The van der Waals surface area contributed by atoms with Crippen molar-refractivity contribution in [2.24, 2.45) is 5.92 Å². The number of carbonyl (C=O) groups excluding carboxylic acids is 4. The van der Waals surface area contributed by atoms with Crippen molar-refractivity contribution in [2.75, 3.05) is 25.4 Å². The fourth-order valence-electron chi connectivity index (χ4n) is 5.12. The van der Waals surface area contributed by atoms with E-state index in [-0.39, 0.29) is 24.9 Å². The van der Waals surface area contributed by atoms with Gasteiger partial charge in [-0.2, -0.15) is 0 Å². The minimum Gasteiger partial charge on any atom is -0.382 e. The Morgan fingerprint density at radius 2 is 1.72 bits per heavy atom. The van der Waals surface area contributed by atoms with Gasteiger partial charge in [-0.25, -0.2) is 19.7 Å². The van der Waals surface area contributed by atoms with E-state index in [1.165, 1.54) is 0 Å². The number of nitrogens with zero attached hydrogens (tertiary/aromatic N) is 5. The van der Waals surface area contributed by atoms with Crippen LogP contribution in [-0.4, -0.2) is 79.8 Å². The number of hydrogen-bond donors (Lipinski definition) is 4. The average molecular weight is 592 g/mol. The molecule has 3 aromatic rings. The zero-order chi connectivity index (χ0) is 30.9. The molecular weight excluding hydrogens is 550 g/mol. The molecule has 4 rings (SSSR count). The summed E-state index contributed by atoms with van der Waals surface area (Å²) in [7, 11) is 0. The van der Waals surface area contributed by atoms with Gasteiger partial charge in [-0.3, -0.25) is 14.4 Å². The second kappa shape index (κ2) is 14.6. The third-order valence-corrected chi connectivity index (χ3v) is 7.47. The van der Waals surface area contributed by atoms with Gasteiger partial charge in [0.05, 0.1) is 6.33 Å². The molecule has 1 aliphatic heterocycles. The summed E-state index contributed by atoms with van der Waals surface area (Å²) in [5.74, 6) is -1.46. The SMILES string of the molecule is Cc1nc(N)c2ncn(CCCNC(=O)C(=O)[C@H](Cc3ccccc3)NC(=O)[C@@H](NC(=O)N3CCCCC3)C(C)C)c2n1. The molecule has 43 heavy (non-hydrogen) atoms. The predicted molar refractivity (Wildman–Crippen MR) is 162 cm³/mol. The number of fused-ring (bicyclic) bond motifs is 1. The Labute approximate surface area is 251 Å². The Morgan fingerprint density at radius 1 is 1.00 bits per heavy atom. The number of ketones is 1. The average Bonchev–Trinajstić information content (AvgIpc) is 3.40. The van der Waals surface area contributed by atoms with Crippen LogP contribution in [0.3, 0.4) is 0 Å². The summed E-state index contributed by atoms with van der Waals surface area (Å²) in [6.45, 7) is 7.39. The van der Waals surface area contributed by atoms with E-state index >= 15 is 0 Å². The Morgan fingerprint density at radius 3 is 2.42 bits per heavy atom. The zero-order valence-electron chi connectivity index (χ0n) is 25.0. The lowest BCUT2D eigenvalue weighted by atomic mass is 9.99. The summed E-state index contributed by atoms with van der Waals surface area (Å²) in [6, 6.07) is 6.89. The predicted octanol–water partition coefficient (Wildman–Crippen LogP) is 1.74. The number of hydrogen-bond acceptors (Lipinski definition) is 8. The molecule has 0 aliphatic carbocycles. The number of imidazole rings is 1. The maximum absolute atomic E-state index is 13.4. The maximum Gasteiger partial charge on any atom is 0.318 e. The van der Waals surface area contributed by atoms with Crippen LogP contribution in [0.1, 0.15) is 50.9 Å². The Bertz CT molecular complexity index is 1430. The molecule has 3 heterocycles. The van der Waals surface area contributed by atoms with E-state index in [9.17, 15) is 19.2 Å². The molecule has 13 heteroatoms. The fourth-order valence-corrected chi connectivity index (χ4v) is 5.12. The number of nitrogens with one attached hydrogen (secondary N) is 3. The van der Waals surface area contributed by atoms with Crippen molar-refractivity contribution in [3.05, 3.63) is 48.0 Å². The molecule has 1 saturated heterocycles. The van der Waals surface area contributed by atoms with Gasteiger partial charge >= 0.3 is 6.03 Å². The second-order valence-electron chi connectivity index (χ2n) is 11.2. The summed E-state index contributed by atoms with van der Waals surface area (Å²) < 4.78 is 1.82. The lowest BCUT2D eigenvalue weighted by molar-refractivity contribution is -0.140. The molecule has 5 N–H and O–H groups in total. The van der Waals surface area contributed by atoms with Gasteiger partial charge in [-0.1, -0.05) is 44.2 Å². The van der Waals surface area contributed by atoms with E-state index in [1.807, 2.05) is 48.7 Å². The molecule has 1 fully saturated rings. The van der Waals surface area contributed by atoms with Crippen molar-refractivity contribution in [3.63, 3.8) is 0 Å². The normalized spacial score (nSPS) is 14.7. The first-order chi connectivity index (χ1) is 20.6. The van der Waals surface area contributed by atoms with Gasteiger partial charge < -0.3 is 31.2 Å². The first-order valence-corrected chi connectivity index (χ1v) is 14.8. The number of carbonyl (C=O) groups is 4. The summed E-state index contributed by atoms with van der Waals surface area (Å²) >= 11 is 0. The van der Waals surface area contributed by atoms with E-state index in [1.54, 1.807) is 18.2 Å². The van der Waals surface area contributed by atoms with Gasteiger partial charge in [0.1, 0.15) is 23.4 Å². The smallest absolute Gasteiger partial charge is 0.318 e. The van der Waals surface area contributed by atoms with Crippen molar-refractivity contribution < 1.29 is 19.2 Å². The van der Waals surface area contributed by atoms with Crippen LogP contribution in [0.4, 0.5) is 10.6 Å². The first kappa shape index (κ1) is 31.4. The monoisotopic (exact) mass is 591 g/mol. The number of amides is 4. The molecule has 1 aliphatic rings. The van der Waals surface area contributed by atoms with E-state index < -0.39 is 29.7 Å². The molecule has 2 aromatic heterocycles. The minimum absolute atomic E-state index is 0.130. The topological polar surface area (TPSA) is 177 Å². The van der Waals surface area contributed by atoms with Crippen LogP contribution in [-0.2, 0) is 27.3 Å². The molecule has 0 bridgehead atoms. The summed E-state index contributed by atoms with van der Waals surface area (Å²) in [5.41, 5.74) is 7.84. The third-order valence-electron chi connectivity index (χ3n) is 7.47. The third kappa shape index (κ3) is 8.27. The van der Waals surface area contributed by atoms with Crippen molar-refractivity contribution in [3.8, 4) is 0 Å². The van der Waals surface area contributed by atoms with Gasteiger partial charge in [0, 0.05) is 32.6 Å². The summed E-state index contributed by atoms with van der Waals surface area (Å²) in [6.07, 6.45) is 5.18. The number of likely N-dealkylation sites (tertiary alicyclic amines) is 1. The fraction of sp³-hybridized carbons (Fsp3) is 0.500. The Hall–Kier alpha value is -4.55. The van der Waals surface area contributed by atoms with Gasteiger partial charge in [0.2, 0.25) is 11.7 Å². The first-order valence-electron chi connectivity index (χ1n) is 14.8. The van der Waals surface area contributed by atoms with Crippen molar-refractivity contribution in [1.82, 2.24) is 40.4 Å². The van der Waals surface area contributed by atoms with Crippen LogP contribution in [0.15, 0.2) is 36.7 Å². The number of nitrogens with two attached hydrogens (primary N) is 1. The van der Waals surface area contributed by atoms with Crippen LogP contribution >= 0.6 is 0 Å². The number of aryl methyl sites for hydroxylation is 2. The highest BCUT2D eigenvalue weighted by atomic mass is 16.2. The highest BCUT2D eigenvalue weighted by molar-refractivity contribution is 6.38. The van der Waals surface area contributed by atoms with E-state index in [0.29, 0.717) is 48.9 Å². The molecule has 0 unspecified atom stereocenters. The second-order valence-corrected chi connectivity index (χ2v) is 11.2. The Balaban J connectivity index is 1.38. The molecule has 0 spiro atoms. The van der Waals surface area contributed by atoms with Crippen LogP contribution in [0.5, 0.6) is 0 Å². The molecule has 4 amide bonds. The number of aromatic nitrogens is 4. The van der Waals surface area contributed by atoms with Crippen LogP contribution in [0.25, 0.3) is 11.2 Å². The van der Waals surface area contributed by atoms with E-state index in [0.717, 1.165) is 24.8 Å². The van der Waals surface area contributed by atoms with Crippen molar-refractivity contribution in [1.29, 1.82) is 0 Å². The van der Waals surface area contributed by atoms with Crippen LogP contribution < -0.4 is 21.7 Å². The number of urea groups is 1. The highest BCUT2D eigenvalue weighted by Crippen LogP contribution is 2.16. The van der Waals surface area contributed by atoms with E-state index in [4.69, 9.17) is 5.73 Å². The zero-order valence-corrected chi connectivity index (χ0v) is 25.0. The lowest BCUT2D eigenvalue weighted by Gasteiger charge is -2.30. The number of rotatable bonds is 12. The van der Waals surface area contributed by atoms with Crippen molar-refractivity contribution >= 4 is 40.6 Å². The quantitative estimate of drug-likeness (QED) is 0.182.